The molecule has 0 heterocycles. The summed E-state index contributed by atoms with van der Waals surface area (Å²) in [5.74, 6) is 0.472. The van der Waals surface area contributed by atoms with E-state index in [0.29, 0.717) is 25.5 Å². The van der Waals surface area contributed by atoms with Gasteiger partial charge in [0, 0.05) is 25.8 Å². The molecule has 5 nitrogen and oxygen atoms in total. The Kier molecular flexibility index (Phi) is 7.23. The van der Waals surface area contributed by atoms with Gasteiger partial charge in [0.15, 0.2) is 0 Å². The molecule has 104 valence electrons. The zero-order valence-corrected chi connectivity index (χ0v) is 12.1. The van der Waals surface area contributed by atoms with Crippen LogP contribution in [0.2, 0.25) is 0 Å². The monoisotopic (exact) mass is 266 g/mol. The Morgan fingerprint density at radius 2 is 2.00 bits per heavy atom. The Bertz CT molecular complexity index is 304. The van der Waals surface area contributed by atoms with E-state index >= 15 is 0 Å². The summed E-state index contributed by atoms with van der Waals surface area (Å²) in [5.41, 5.74) is 5.11. The smallest absolute Gasteiger partial charge is 0.212 e. The van der Waals surface area contributed by atoms with Gasteiger partial charge in [-0.1, -0.05) is 13.8 Å². The molecule has 0 radical (unpaired) electrons. The lowest BCUT2D eigenvalue weighted by Crippen LogP contribution is -2.52. The van der Waals surface area contributed by atoms with E-state index < -0.39 is 15.6 Å². The highest BCUT2D eigenvalue weighted by molar-refractivity contribution is 7.89. The average molecular weight is 266 g/mol. The summed E-state index contributed by atoms with van der Waals surface area (Å²) in [7, 11) is -1.72. The zero-order valence-electron chi connectivity index (χ0n) is 11.3. The van der Waals surface area contributed by atoms with Crippen molar-refractivity contribution in [1.29, 1.82) is 0 Å². The number of hydrogen-bond acceptors (Lipinski definition) is 4. The molecule has 0 aliphatic heterocycles. The van der Waals surface area contributed by atoms with Gasteiger partial charge >= 0.3 is 0 Å². The van der Waals surface area contributed by atoms with Gasteiger partial charge < -0.3 is 10.5 Å². The van der Waals surface area contributed by atoms with E-state index in [4.69, 9.17) is 10.5 Å². The minimum absolute atomic E-state index is 0.0779. The molecular weight excluding hydrogens is 240 g/mol. The Hall–Kier alpha value is -0.170. The maximum Gasteiger partial charge on any atom is 0.212 e. The van der Waals surface area contributed by atoms with Crippen LogP contribution in [-0.2, 0) is 14.8 Å². The van der Waals surface area contributed by atoms with E-state index in [1.54, 1.807) is 7.11 Å². The van der Waals surface area contributed by atoms with Crippen molar-refractivity contribution < 1.29 is 13.2 Å². The Morgan fingerprint density at radius 3 is 2.41 bits per heavy atom. The molecule has 0 saturated heterocycles. The van der Waals surface area contributed by atoms with Crippen molar-refractivity contribution in [3.8, 4) is 0 Å². The highest BCUT2D eigenvalue weighted by Gasteiger charge is 2.28. The molecule has 6 heteroatoms. The Labute approximate surface area is 105 Å². The molecule has 0 rings (SSSR count). The third-order valence-corrected chi connectivity index (χ3v) is 4.10. The third kappa shape index (κ3) is 7.70. The van der Waals surface area contributed by atoms with Crippen molar-refractivity contribution in [3.05, 3.63) is 0 Å². The first-order chi connectivity index (χ1) is 7.74. The second-order valence-corrected chi connectivity index (χ2v) is 6.97. The summed E-state index contributed by atoms with van der Waals surface area (Å²) in [4.78, 5) is 0. The number of nitrogens with one attached hydrogen (secondary N) is 1. The third-order valence-electron chi connectivity index (χ3n) is 2.47. The first kappa shape index (κ1) is 16.8. The van der Waals surface area contributed by atoms with Gasteiger partial charge in [0.2, 0.25) is 10.0 Å². The summed E-state index contributed by atoms with van der Waals surface area (Å²) in [6.07, 6.45) is 1.22. The van der Waals surface area contributed by atoms with Crippen LogP contribution in [0.25, 0.3) is 0 Å². The quantitative estimate of drug-likeness (QED) is 0.602. The summed E-state index contributed by atoms with van der Waals surface area (Å²) in [6, 6.07) is 0. The first-order valence-electron chi connectivity index (χ1n) is 5.95. The van der Waals surface area contributed by atoms with E-state index in [-0.39, 0.29) is 5.75 Å². The van der Waals surface area contributed by atoms with Gasteiger partial charge in [0.25, 0.3) is 0 Å². The summed E-state index contributed by atoms with van der Waals surface area (Å²) >= 11 is 0. The molecule has 17 heavy (non-hydrogen) atoms. The number of rotatable bonds is 9. The lowest BCUT2D eigenvalue weighted by atomic mass is 9.92. The fraction of sp³-hybridized carbons (Fsp3) is 1.00. The van der Waals surface area contributed by atoms with Crippen LogP contribution in [0.1, 0.15) is 33.6 Å². The van der Waals surface area contributed by atoms with Crippen LogP contribution in [0.5, 0.6) is 0 Å². The second-order valence-electron chi connectivity index (χ2n) is 5.13. The predicted molar refractivity (Wildman–Crippen MR) is 70.3 cm³/mol. The van der Waals surface area contributed by atoms with Gasteiger partial charge in [0.05, 0.1) is 5.75 Å². The fourth-order valence-corrected chi connectivity index (χ4v) is 3.40. The molecule has 0 aliphatic rings. The molecule has 1 atom stereocenters. The largest absolute Gasteiger partial charge is 0.385 e. The standard InChI is InChI=1S/C11H26N2O3S/c1-10(2)8-11(3,9-12)13-17(14,15)7-5-6-16-4/h10,13H,5-9,12H2,1-4H3. The molecule has 3 N–H and O–H groups in total. The van der Waals surface area contributed by atoms with Crippen LogP contribution < -0.4 is 10.5 Å². The molecule has 0 amide bonds. The molecule has 1 unspecified atom stereocenters. The molecule has 0 aliphatic carbocycles. The maximum absolute atomic E-state index is 11.8. The summed E-state index contributed by atoms with van der Waals surface area (Å²) in [5, 5.41) is 0. The van der Waals surface area contributed by atoms with Gasteiger partial charge in [-0.15, -0.1) is 0 Å². The van der Waals surface area contributed by atoms with Gasteiger partial charge in [-0.3, -0.25) is 0 Å². The molecule has 0 spiro atoms. The van der Waals surface area contributed by atoms with E-state index in [1.165, 1.54) is 0 Å². The van der Waals surface area contributed by atoms with Crippen LogP contribution in [0.15, 0.2) is 0 Å². The highest BCUT2D eigenvalue weighted by atomic mass is 32.2. The van der Waals surface area contributed by atoms with Crippen molar-refractivity contribution in [2.45, 2.75) is 39.2 Å². The maximum atomic E-state index is 11.8. The zero-order chi connectivity index (χ0) is 13.5. The number of nitrogens with two attached hydrogens (primary N) is 1. The molecule has 0 aromatic carbocycles. The Morgan fingerprint density at radius 1 is 1.41 bits per heavy atom. The fourth-order valence-electron chi connectivity index (χ4n) is 1.89. The van der Waals surface area contributed by atoms with E-state index in [9.17, 15) is 8.42 Å². The lowest BCUT2D eigenvalue weighted by molar-refractivity contribution is 0.199. The molecule has 0 aromatic heterocycles. The molecule has 0 saturated carbocycles. The van der Waals surface area contributed by atoms with Crippen LogP contribution in [-0.4, -0.2) is 40.0 Å². The van der Waals surface area contributed by atoms with Crippen molar-refractivity contribution in [2.24, 2.45) is 11.7 Å². The van der Waals surface area contributed by atoms with Crippen LogP contribution >= 0.6 is 0 Å². The molecule has 0 fully saturated rings. The van der Waals surface area contributed by atoms with Gasteiger partial charge in [-0.25, -0.2) is 13.1 Å². The van der Waals surface area contributed by atoms with Gasteiger partial charge in [-0.05, 0) is 25.7 Å². The average Bonchev–Trinajstić information content (AvgIpc) is 2.15. The SMILES string of the molecule is COCCCS(=O)(=O)NC(C)(CN)CC(C)C. The van der Waals surface area contributed by atoms with Crippen molar-refractivity contribution >= 4 is 10.0 Å². The number of ether oxygens (including phenoxy) is 1. The van der Waals surface area contributed by atoms with Crippen LogP contribution in [0, 0.1) is 5.92 Å². The molecule has 0 aromatic rings. The van der Waals surface area contributed by atoms with E-state index in [2.05, 4.69) is 4.72 Å². The minimum Gasteiger partial charge on any atom is -0.385 e. The topological polar surface area (TPSA) is 81.4 Å². The summed E-state index contributed by atoms with van der Waals surface area (Å²) in [6.45, 7) is 6.69. The number of methoxy groups -OCH3 is 1. The molecular formula is C11H26N2O3S. The number of sulfonamides is 1. The van der Waals surface area contributed by atoms with Gasteiger partial charge in [-0.2, -0.15) is 0 Å². The van der Waals surface area contributed by atoms with E-state index in [0.717, 1.165) is 6.42 Å². The van der Waals surface area contributed by atoms with Gasteiger partial charge in [0.1, 0.15) is 0 Å². The second kappa shape index (κ2) is 7.31. The molecule has 0 bridgehead atoms. The van der Waals surface area contributed by atoms with Crippen LogP contribution in [0.3, 0.4) is 0 Å². The van der Waals surface area contributed by atoms with Crippen molar-refractivity contribution in [1.82, 2.24) is 4.72 Å². The van der Waals surface area contributed by atoms with E-state index in [1.807, 2.05) is 20.8 Å². The van der Waals surface area contributed by atoms with Crippen molar-refractivity contribution in [2.75, 3.05) is 26.0 Å². The predicted octanol–water partition coefficient (Wildman–Crippen LogP) is 0.706. The lowest BCUT2D eigenvalue weighted by Gasteiger charge is -2.30. The highest BCUT2D eigenvalue weighted by Crippen LogP contribution is 2.16. The Balaban J connectivity index is 4.44. The minimum atomic E-state index is -3.28. The first-order valence-corrected chi connectivity index (χ1v) is 7.60. The normalized spacial score (nSPS) is 16.1. The summed E-state index contributed by atoms with van der Waals surface area (Å²) < 4.78 is 31.2. The van der Waals surface area contributed by atoms with Crippen LogP contribution in [0.4, 0.5) is 0 Å². The number of hydrogen-bond donors (Lipinski definition) is 2. The van der Waals surface area contributed by atoms with Crippen molar-refractivity contribution in [3.63, 3.8) is 0 Å².